The Morgan fingerprint density at radius 1 is 1.06 bits per heavy atom. The molecule has 3 aromatic rings. The highest BCUT2D eigenvalue weighted by Crippen LogP contribution is 2.30. The predicted molar refractivity (Wildman–Crippen MR) is 119 cm³/mol. The molecule has 7 nitrogen and oxygen atoms in total. The number of nitrogens with zero attached hydrogens (tertiary/aromatic N) is 2. The second-order valence-electron chi connectivity index (χ2n) is 7.99. The molecule has 3 rings (SSSR count). The van der Waals surface area contributed by atoms with Crippen LogP contribution in [0.25, 0.3) is 11.3 Å². The van der Waals surface area contributed by atoms with E-state index in [1.165, 1.54) is 42.8 Å². The Labute approximate surface area is 194 Å². The standard InChI is InChI=1S/C22H24F4N4O3S/c1-4-30-20(33-18-10-8-17(23)9-11-18)13-19(28-30)15-6-5-7-16(12-15)21(2,3)29-34(31,32)27-14-22(24,25)26/h5-13,27,29H,4,14H2,1-3H3. The number of aryl methyl sites for hydroxylation is 1. The highest BCUT2D eigenvalue weighted by molar-refractivity contribution is 7.87. The minimum absolute atomic E-state index is 0.388. The van der Waals surface area contributed by atoms with Crippen LogP contribution in [0.1, 0.15) is 26.3 Å². The van der Waals surface area contributed by atoms with Crippen LogP contribution in [0.5, 0.6) is 11.6 Å². The van der Waals surface area contributed by atoms with Gasteiger partial charge in [0.1, 0.15) is 18.1 Å². The van der Waals surface area contributed by atoms with Crippen LogP contribution in [0.3, 0.4) is 0 Å². The fraction of sp³-hybridized carbons (Fsp3) is 0.318. The molecule has 2 N–H and O–H groups in total. The molecule has 0 saturated carbocycles. The highest BCUT2D eigenvalue weighted by Gasteiger charge is 2.32. The van der Waals surface area contributed by atoms with E-state index in [0.717, 1.165) is 0 Å². The Hall–Kier alpha value is -2.96. The van der Waals surface area contributed by atoms with Crippen molar-refractivity contribution in [3.05, 3.63) is 66.0 Å². The fourth-order valence-electron chi connectivity index (χ4n) is 3.15. The van der Waals surface area contributed by atoms with Crippen LogP contribution in [0.15, 0.2) is 54.6 Å². The third kappa shape index (κ3) is 6.78. The molecule has 2 aromatic carbocycles. The lowest BCUT2D eigenvalue weighted by atomic mass is 9.93. The number of halogens is 4. The van der Waals surface area contributed by atoms with Gasteiger partial charge >= 0.3 is 6.18 Å². The van der Waals surface area contributed by atoms with Crippen LogP contribution in [0, 0.1) is 5.82 Å². The quantitative estimate of drug-likeness (QED) is 0.417. The zero-order valence-electron chi connectivity index (χ0n) is 18.6. The molecule has 0 spiro atoms. The smallest absolute Gasteiger partial charge is 0.402 e. The van der Waals surface area contributed by atoms with E-state index in [1.807, 2.05) is 6.92 Å². The van der Waals surface area contributed by atoms with Crippen molar-refractivity contribution in [3.8, 4) is 22.9 Å². The Bertz CT molecular complexity index is 1240. The van der Waals surface area contributed by atoms with Gasteiger partial charge in [-0.3, -0.25) is 0 Å². The number of hydrogen-bond donors (Lipinski definition) is 2. The molecule has 0 bridgehead atoms. The molecule has 34 heavy (non-hydrogen) atoms. The SMILES string of the molecule is CCn1nc(-c2cccc(C(C)(C)NS(=O)(=O)NCC(F)(F)F)c2)cc1Oc1ccc(F)cc1. The normalized spacial score (nSPS) is 12.7. The van der Waals surface area contributed by atoms with Gasteiger partial charge in [0.05, 0.1) is 11.2 Å². The van der Waals surface area contributed by atoms with E-state index < -0.39 is 28.5 Å². The zero-order chi connectivity index (χ0) is 25.1. The van der Waals surface area contributed by atoms with Gasteiger partial charge in [0.2, 0.25) is 5.88 Å². The van der Waals surface area contributed by atoms with Crippen molar-refractivity contribution >= 4 is 10.2 Å². The first kappa shape index (κ1) is 25.7. The number of ether oxygens (including phenoxy) is 1. The molecule has 0 aliphatic rings. The molecule has 0 saturated heterocycles. The summed E-state index contributed by atoms with van der Waals surface area (Å²) in [5, 5.41) is 4.51. The maximum absolute atomic E-state index is 13.2. The number of nitrogens with one attached hydrogen (secondary N) is 2. The van der Waals surface area contributed by atoms with Crippen LogP contribution < -0.4 is 14.2 Å². The summed E-state index contributed by atoms with van der Waals surface area (Å²) in [6, 6.07) is 14.0. The molecule has 0 aliphatic heterocycles. The lowest BCUT2D eigenvalue weighted by Gasteiger charge is -2.27. The molecule has 0 amide bonds. The van der Waals surface area contributed by atoms with Gasteiger partial charge in [-0.1, -0.05) is 18.2 Å². The molecular weight excluding hydrogens is 476 g/mol. The van der Waals surface area contributed by atoms with Gasteiger partial charge in [0.15, 0.2) is 0 Å². The van der Waals surface area contributed by atoms with Crippen LogP contribution in [-0.4, -0.2) is 30.9 Å². The summed E-state index contributed by atoms with van der Waals surface area (Å²) in [6.07, 6.45) is -4.68. The maximum atomic E-state index is 13.2. The molecule has 1 aromatic heterocycles. The lowest BCUT2D eigenvalue weighted by molar-refractivity contribution is -0.121. The van der Waals surface area contributed by atoms with Gasteiger partial charge in [0.25, 0.3) is 10.2 Å². The molecule has 0 atom stereocenters. The summed E-state index contributed by atoms with van der Waals surface area (Å²) in [4.78, 5) is 0. The van der Waals surface area contributed by atoms with Gasteiger partial charge in [-0.2, -0.15) is 36.1 Å². The Morgan fingerprint density at radius 3 is 2.35 bits per heavy atom. The third-order valence-corrected chi connectivity index (χ3v) is 6.11. The van der Waals surface area contributed by atoms with E-state index >= 15 is 0 Å². The first-order valence-electron chi connectivity index (χ1n) is 10.3. The Balaban J connectivity index is 1.84. The highest BCUT2D eigenvalue weighted by atomic mass is 32.2. The molecule has 0 fully saturated rings. The Kier molecular flexibility index (Phi) is 7.34. The van der Waals surface area contributed by atoms with Crippen molar-refractivity contribution in [2.75, 3.05) is 6.54 Å². The lowest BCUT2D eigenvalue weighted by Crippen LogP contribution is -2.48. The number of rotatable bonds is 9. The van der Waals surface area contributed by atoms with E-state index in [0.29, 0.717) is 35.0 Å². The number of alkyl halides is 3. The van der Waals surface area contributed by atoms with E-state index in [9.17, 15) is 26.0 Å². The fourth-order valence-corrected chi connectivity index (χ4v) is 4.36. The number of aromatic nitrogens is 2. The summed E-state index contributed by atoms with van der Waals surface area (Å²) < 4.78 is 85.8. The minimum atomic E-state index is -4.68. The number of benzene rings is 2. The predicted octanol–water partition coefficient (Wildman–Crippen LogP) is 4.72. The average Bonchev–Trinajstić information content (AvgIpc) is 3.16. The summed E-state index contributed by atoms with van der Waals surface area (Å²) >= 11 is 0. The van der Waals surface area contributed by atoms with E-state index in [2.05, 4.69) is 9.82 Å². The van der Waals surface area contributed by atoms with E-state index in [1.54, 1.807) is 35.0 Å². The molecule has 12 heteroatoms. The second-order valence-corrected chi connectivity index (χ2v) is 9.49. The largest absolute Gasteiger partial charge is 0.439 e. The van der Waals surface area contributed by atoms with Gasteiger partial charge < -0.3 is 4.74 Å². The summed E-state index contributed by atoms with van der Waals surface area (Å²) in [5.74, 6) is 0.463. The topological polar surface area (TPSA) is 85.2 Å². The van der Waals surface area contributed by atoms with Crippen LogP contribution in [0.2, 0.25) is 0 Å². The number of hydrogen-bond acceptors (Lipinski definition) is 4. The first-order chi connectivity index (χ1) is 15.8. The summed E-state index contributed by atoms with van der Waals surface area (Å²) in [7, 11) is -4.43. The van der Waals surface area contributed by atoms with E-state index in [4.69, 9.17) is 4.74 Å². The average molecular weight is 501 g/mol. The molecule has 0 radical (unpaired) electrons. The summed E-state index contributed by atoms with van der Waals surface area (Å²) in [5.41, 5.74) is 0.460. The molecule has 0 aliphatic carbocycles. The van der Waals surface area contributed by atoms with Crippen LogP contribution >= 0.6 is 0 Å². The van der Waals surface area contributed by atoms with Crippen molar-refractivity contribution in [2.24, 2.45) is 0 Å². The van der Waals surface area contributed by atoms with Crippen molar-refractivity contribution in [1.82, 2.24) is 19.2 Å². The molecule has 184 valence electrons. The van der Waals surface area contributed by atoms with Crippen molar-refractivity contribution in [2.45, 2.75) is 39.0 Å². The van der Waals surface area contributed by atoms with Crippen LogP contribution in [0.4, 0.5) is 17.6 Å². The third-order valence-electron chi connectivity index (χ3n) is 4.81. The second kappa shape index (κ2) is 9.72. The van der Waals surface area contributed by atoms with Gasteiger partial charge in [0, 0.05) is 18.2 Å². The van der Waals surface area contributed by atoms with Gasteiger partial charge in [-0.25, -0.2) is 9.07 Å². The maximum Gasteiger partial charge on any atom is 0.402 e. The summed E-state index contributed by atoms with van der Waals surface area (Å²) in [6.45, 7) is 3.76. The van der Waals surface area contributed by atoms with Crippen molar-refractivity contribution < 1.29 is 30.7 Å². The van der Waals surface area contributed by atoms with Crippen molar-refractivity contribution in [3.63, 3.8) is 0 Å². The van der Waals surface area contributed by atoms with Crippen molar-refractivity contribution in [1.29, 1.82) is 0 Å². The van der Waals surface area contributed by atoms with Gasteiger partial charge in [-0.05, 0) is 56.7 Å². The monoisotopic (exact) mass is 500 g/mol. The molecule has 1 heterocycles. The molecular formula is C22H24F4N4O3S. The first-order valence-corrected chi connectivity index (χ1v) is 11.7. The van der Waals surface area contributed by atoms with Crippen LogP contribution in [-0.2, 0) is 22.3 Å². The molecule has 0 unspecified atom stereocenters. The minimum Gasteiger partial charge on any atom is -0.439 e. The van der Waals surface area contributed by atoms with Gasteiger partial charge in [-0.15, -0.1) is 0 Å². The van der Waals surface area contributed by atoms with E-state index in [-0.39, 0.29) is 5.82 Å². The zero-order valence-corrected chi connectivity index (χ0v) is 19.5. The Morgan fingerprint density at radius 2 is 1.74 bits per heavy atom.